The van der Waals surface area contributed by atoms with Gasteiger partial charge in [0, 0.05) is 5.56 Å². The molecular weight excluding hydrogens is 455 g/mol. The highest BCUT2D eigenvalue weighted by atomic mass is 32.1. The molecule has 176 valence electrons. The number of carboxylic acid groups (broad SMARTS) is 1. The summed E-state index contributed by atoms with van der Waals surface area (Å²) < 4.78 is 50.1. The van der Waals surface area contributed by atoms with E-state index in [9.17, 15) is 23.1 Å². The highest BCUT2D eigenvalue weighted by Gasteiger charge is 2.31. The Kier molecular flexibility index (Phi) is 6.74. The number of carboxylic acids is 1. The van der Waals surface area contributed by atoms with Crippen LogP contribution in [0.25, 0.3) is 10.6 Å². The first kappa shape index (κ1) is 24.6. The number of carbonyl (C=O) groups is 1. The number of aryl methyl sites for hydroxylation is 2. The average Bonchev–Trinajstić information content (AvgIpc) is 3.11. The number of benzene rings is 2. The van der Waals surface area contributed by atoms with Crippen LogP contribution in [0.15, 0.2) is 42.5 Å². The molecule has 0 saturated carbocycles. The minimum Gasteiger partial charge on any atom is -0.485 e. The van der Waals surface area contributed by atoms with Crippen LogP contribution in [0.5, 0.6) is 11.5 Å². The molecule has 1 aromatic heterocycles. The van der Waals surface area contributed by atoms with Gasteiger partial charge < -0.3 is 14.6 Å². The number of nitrogens with zero attached hydrogens (tertiary/aromatic N) is 1. The summed E-state index contributed by atoms with van der Waals surface area (Å²) in [7, 11) is 0. The summed E-state index contributed by atoms with van der Waals surface area (Å²) in [6.45, 7) is 8.44. The third kappa shape index (κ3) is 5.65. The van der Waals surface area contributed by atoms with Gasteiger partial charge in [0.25, 0.3) is 0 Å². The van der Waals surface area contributed by atoms with Crippen LogP contribution in [-0.4, -0.2) is 21.7 Å². The lowest BCUT2D eigenvalue weighted by Gasteiger charge is -2.23. The highest BCUT2D eigenvalue weighted by Crippen LogP contribution is 2.36. The Bertz CT molecular complexity index is 1150. The topological polar surface area (TPSA) is 68.7 Å². The molecule has 3 aromatic rings. The van der Waals surface area contributed by atoms with E-state index >= 15 is 0 Å². The van der Waals surface area contributed by atoms with Gasteiger partial charge in [0.05, 0.1) is 16.1 Å². The van der Waals surface area contributed by atoms with Gasteiger partial charge in [-0.2, -0.15) is 13.2 Å². The summed E-state index contributed by atoms with van der Waals surface area (Å²) in [5.41, 5.74) is -0.00350. The molecule has 0 spiro atoms. The molecule has 0 saturated heterocycles. The Balaban J connectivity index is 1.76. The molecule has 0 amide bonds. The largest absolute Gasteiger partial charge is 0.485 e. The number of aliphatic carboxylic acids is 1. The lowest BCUT2D eigenvalue weighted by Crippen LogP contribution is -2.38. The van der Waals surface area contributed by atoms with Gasteiger partial charge in [-0.1, -0.05) is 12.1 Å². The van der Waals surface area contributed by atoms with Gasteiger partial charge in [0.2, 0.25) is 0 Å². The van der Waals surface area contributed by atoms with Gasteiger partial charge in [0.1, 0.15) is 22.6 Å². The summed E-state index contributed by atoms with van der Waals surface area (Å²) in [4.78, 5) is 16.7. The quantitative estimate of drug-likeness (QED) is 0.402. The van der Waals surface area contributed by atoms with Gasteiger partial charge in [-0.05, 0) is 70.5 Å². The number of alkyl halides is 3. The number of thiazole rings is 1. The van der Waals surface area contributed by atoms with Gasteiger partial charge in [-0.25, -0.2) is 9.78 Å². The third-order valence-corrected chi connectivity index (χ3v) is 6.37. The highest BCUT2D eigenvalue weighted by molar-refractivity contribution is 7.15. The van der Waals surface area contributed by atoms with E-state index in [4.69, 9.17) is 9.47 Å². The van der Waals surface area contributed by atoms with Crippen molar-refractivity contribution in [3.05, 3.63) is 64.2 Å². The van der Waals surface area contributed by atoms with Crippen LogP contribution in [-0.2, 0) is 11.0 Å². The Labute approximate surface area is 193 Å². The molecule has 3 rings (SSSR count). The van der Waals surface area contributed by atoms with Crippen molar-refractivity contribution in [3.8, 4) is 22.1 Å². The van der Waals surface area contributed by atoms with Crippen LogP contribution in [0, 0.1) is 13.8 Å². The van der Waals surface area contributed by atoms with Gasteiger partial charge in [0.15, 0.2) is 5.60 Å². The maximum Gasteiger partial charge on any atom is 0.416 e. The van der Waals surface area contributed by atoms with E-state index in [2.05, 4.69) is 4.98 Å². The maximum atomic E-state index is 12.8. The molecule has 0 aliphatic rings. The maximum absolute atomic E-state index is 12.8. The van der Waals surface area contributed by atoms with Crippen LogP contribution in [0.3, 0.4) is 0 Å². The number of hydrogen-bond acceptors (Lipinski definition) is 5. The molecule has 9 heteroatoms. The monoisotopic (exact) mass is 479 g/mol. The Morgan fingerprint density at radius 3 is 2.27 bits per heavy atom. The fourth-order valence-corrected chi connectivity index (χ4v) is 4.15. The minimum absolute atomic E-state index is 0.354. The van der Waals surface area contributed by atoms with Crippen molar-refractivity contribution in [1.29, 1.82) is 0 Å². The van der Waals surface area contributed by atoms with Gasteiger partial charge in [-0.15, -0.1) is 11.3 Å². The third-order valence-electron chi connectivity index (χ3n) is 5.00. The van der Waals surface area contributed by atoms with E-state index in [0.717, 1.165) is 28.3 Å². The fourth-order valence-electron chi connectivity index (χ4n) is 3.10. The van der Waals surface area contributed by atoms with Crippen molar-refractivity contribution in [2.45, 2.75) is 52.5 Å². The van der Waals surface area contributed by atoms with Gasteiger partial charge >= 0.3 is 12.1 Å². The molecule has 1 heterocycles. The molecule has 1 atom stereocenters. The first-order chi connectivity index (χ1) is 15.3. The standard InChI is InChI=1S/C24H24F3NO4S/c1-13-12-18(10-11-19(13)32-23(4,5)22(29)30)31-15(3)20-14(2)28-21(33-20)16-6-8-17(9-7-16)24(25,26)27/h6-12,15H,1-5H3,(H,29,30). The summed E-state index contributed by atoms with van der Waals surface area (Å²) in [5, 5.41) is 9.86. The van der Waals surface area contributed by atoms with Crippen molar-refractivity contribution in [2.75, 3.05) is 0 Å². The predicted octanol–water partition coefficient (Wildman–Crippen LogP) is 6.83. The molecule has 33 heavy (non-hydrogen) atoms. The number of ether oxygens (including phenoxy) is 2. The summed E-state index contributed by atoms with van der Waals surface area (Å²) >= 11 is 1.36. The molecule has 0 aliphatic heterocycles. The zero-order valence-electron chi connectivity index (χ0n) is 18.8. The van der Waals surface area contributed by atoms with Crippen LogP contribution in [0.2, 0.25) is 0 Å². The van der Waals surface area contributed by atoms with Crippen molar-refractivity contribution in [3.63, 3.8) is 0 Å². The molecule has 0 aliphatic carbocycles. The van der Waals surface area contributed by atoms with E-state index in [1.165, 1.54) is 37.3 Å². The first-order valence-corrected chi connectivity index (χ1v) is 10.9. The van der Waals surface area contributed by atoms with E-state index < -0.39 is 23.3 Å². The Hall–Kier alpha value is -3.07. The van der Waals surface area contributed by atoms with E-state index in [-0.39, 0.29) is 6.10 Å². The summed E-state index contributed by atoms with van der Waals surface area (Å²) in [6.07, 6.45) is -4.74. The number of halogens is 3. The minimum atomic E-state index is -4.38. The smallest absolute Gasteiger partial charge is 0.416 e. The molecule has 5 nitrogen and oxygen atoms in total. The van der Waals surface area contributed by atoms with Crippen LogP contribution >= 0.6 is 11.3 Å². The summed E-state index contributed by atoms with van der Waals surface area (Å²) in [6, 6.07) is 10.0. The molecule has 0 fully saturated rings. The summed E-state index contributed by atoms with van der Waals surface area (Å²) in [5.74, 6) is -0.0503. The average molecular weight is 480 g/mol. The van der Waals surface area contributed by atoms with Crippen LogP contribution in [0.4, 0.5) is 13.2 Å². The second-order valence-electron chi connectivity index (χ2n) is 8.15. The van der Waals surface area contributed by atoms with Crippen LogP contribution < -0.4 is 9.47 Å². The SMILES string of the molecule is Cc1cc(OC(C)c2sc(-c3ccc(C(F)(F)F)cc3)nc2C)ccc1OC(C)(C)C(=O)O. The second kappa shape index (κ2) is 9.05. The molecule has 1 N–H and O–H groups in total. The zero-order chi connectivity index (χ0) is 24.6. The van der Waals surface area contributed by atoms with Crippen molar-refractivity contribution in [1.82, 2.24) is 4.98 Å². The normalized spacial score (nSPS) is 13.0. The fraction of sp³-hybridized carbons (Fsp3) is 0.333. The van der Waals surface area contributed by atoms with E-state index in [1.807, 2.05) is 13.8 Å². The van der Waals surface area contributed by atoms with Crippen molar-refractivity contribution >= 4 is 17.3 Å². The van der Waals surface area contributed by atoms with Crippen LogP contribution in [0.1, 0.15) is 48.6 Å². The van der Waals surface area contributed by atoms with E-state index in [0.29, 0.717) is 22.1 Å². The molecular formula is C24H24F3NO4S. The van der Waals surface area contributed by atoms with Gasteiger partial charge in [-0.3, -0.25) is 0 Å². The van der Waals surface area contributed by atoms with E-state index in [1.54, 1.807) is 25.1 Å². The number of hydrogen-bond donors (Lipinski definition) is 1. The predicted molar refractivity (Wildman–Crippen MR) is 120 cm³/mol. The first-order valence-electron chi connectivity index (χ1n) is 10.1. The molecule has 0 radical (unpaired) electrons. The second-order valence-corrected chi connectivity index (χ2v) is 9.18. The Morgan fingerprint density at radius 2 is 1.73 bits per heavy atom. The zero-order valence-corrected chi connectivity index (χ0v) is 19.6. The lowest BCUT2D eigenvalue weighted by atomic mass is 10.1. The lowest BCUT2D eigenvalue weighted by molar-refractivity contribution is -0.152. The number of rotatable bonds is 7. The van der Waals surface area contributed by atoms with Crippen molar-refractivity contribution in [2.24, 2.45) is 0 Å². The molecule has 0 bridgehead atoms. The molecule has 2 aromatic carbocycles. The molecule has 1 unspecified atom stereocenters. The van der Waals surface area contributed by atoms with Crippen molar-refractivity contribution < 1.29 is 32.5 Å². The Morgan fingerprint density at radius 1 is 1.09 bits per heavy atom. The number of aromatic nitrogens is 1.